The zero-order chi connectivity index (χ0) is 22.2. The van der Waals surface area contributed by atoms with Crippen LogP contribution in [-0.4, -0.2) is 54.1 Å². The SMILES string of the molecule is CCN(CC)C(CNC(=O)C1=NN(c2ccccc2)C(C(N)=O)C1)Cc1ccccc1. The van der Waals surface area contributed by atoms with Crippen molar-refractivity contribution in [2.24, 2.45) is 10.8 Å². The molecule has 1 heterocycles. The molecule has 3 N–H and O–H groups in total. The molecule has 1 aliphatic heterocycles. The summed E-state index contributed by atoms with van der Waals surface area (Å²) in [5, 5.41) is 9.01. The maximum atomic E-state index is 12.9. The van der Waals surface area contributed by atoms with Crippen molar-refractivity contribution in [3.05, 3.63) is 66.2 Å². The number of amides is 2. The van der Waals surface area contributed by atoms with Crippen molar-refractivity contribution in [2.75, 3.05) is 24.6 Å². The second kappa shape index (κ2) is 10.7. The van der Waals surface area contributed by atoms with E-state index < -0.39 is 11.9 Å². The molecule has 1 aliphatic rings. The lowest BCUT2D eigenvalue weighted by Gasteiger charge is -2.30. The molecule has 0 radical (unpaired) electrons. The van der Waals surface area contributed by atoms with Gasteiger partial charge in [-0.15, -0.1) is 0 Å². The third-order valence-corrected chi connectivity index (χ3v) is 5.66. The highest BCUT2D eigenvalue weighted by Crippen LogP contribution is 2.24. The van der Waals surface area contributed by atoms with E-state index in [0.29, 0.717) is 12.3 Å². The maximum absolute atomic E-state index is 12.9. The fraction of sp³-hybridized carbons (Fsp3) is 0.375. The molecule has 0 aliphatic carbocycles. The van der Waals surface area contributed by atoms with Gasteiger partial charge in [-0.1, -0.05) is 62.4 Å². The number of carbonyl (C=O) groups is 2. The fourth-order valence-electron chi connectivity index (χ4n) is 3.96. The van der Waals surface area contributed by atoms with Crippen molar-refractivity contribution in [3.63, 3.8) is 0 Å². The quantitative estimate of drug-likeness (QED) is 0.615. The summed E-state index contributed by atoms with van der Waals surface area (Å²) in [5.41, 5.74) is 7.87. The normalized spacial score (nSPS) is 16.8. The maximum Gasteiger partial charge on any atom is 0.267 e. The molecule has 3 rings (SSSR count). The minimum absolute atomic E-state index is 0.167. The molecule has 0 saturated heterocycles. The van der Waals surface area contributed by atoms with Crippen LogP contribution in [0.3, 0.4) is 0 Å². The highest BCUT2D eigenvalue weighted by molar-refractivity contribution is 6.40. The molecule has 2 aromatic rings. The summed E-state index contributed by atoms with van der Waals surface area (Å²) in [4.78, 5) is 27.2. The Kier molecular flexibility index (Phi) is 7.78. The minimum atomic E-state index is -0.661. The van der Waals surface area contributed by atoms with E-state index in [4.69, 9.17) is 5.73 Å². The number of nitrogens with one attached hydrogen (secondary N) is 1. The van der Waals surface area contributed by atoms with Gasteiger partial charge in [-0.05, 0) is 37.2 Å². The highest BCUT2D eigenvalue weighted by Gasteiger charge is 2.35. The molecule has 0 bridgehead atoms. The monoisotopic (exact) mass is 421 g/mol. The van der Waals surface area contributed by atoms with Crippen molar-refractivity contribution in [1.29, 1.82) is 0 Å². The molecular weight excluding hydrogens is 390 g/mol. The van der Waals surface area contributed by atoms with Gasteiger partial charge in [0.1, 0.15) is 11.8 Å². The van der Waals surface area contributed by atoms with E-state index in [1.807, 2.05) is 48.5 Å². The van der Waals surface area contributed by atoms with Crippen molar-refractivity contribution in [2.45, 2.75) is 38.8 Å². The smallest absolute Gasteiger partial charge is 0.267 e. The van der Waals surface area contributed by atoms with Crippen molar-refractivity contribution >= 4 is 23.2 Å². The van der Waals surface area contributed by atoms with Gasteiger partial charge >= 0.3 is 0 Å². The Morgan fingerprint density at radius 3 is 2.29 bits per heavy atom. The van der Waals surface area contributed by atoms with Crippen LogP contribution in [0.5, 0.6) is 0 Å². The van der Waals surface area contributed by atoms with E-state index in [1.54, 1.807) is 5.01 Å². The van der Waals surface area contributed by atoms with Crippen molar-refractivity contribution < 1.29 is 9.59 Å². The summed E-state index contributed by atoms with van der Waals surface area (Å²) in [7, 11) is 0. The van der Waals surface area contributed by atoms with E-state index in [1.165, 1.54) is 5.56 Å². The van der Waals surface area contributed by atoms with Crippen LogP contribution in [0.25, 0.3) is 0 Å². The van der Waals surface area contributed by atoms with Gasteiger partial charge in [-0.3, -0.25) is 19.5 Å². The number of likely N-dealkylation sites (N-methyl/N-ethyl adjacent to an activating group) is 1. The summed E-state index contributed by atoms with van der Waals surface area (Å²) in [6.07, 6.45) is 1.04. The summed E-state index contributed by atoms with van der Waals surface area (Å²) in [6, 6.07) is 19.1. The van der Waals surface area contributed by atoms with Gasteiger partial charge in [0.2, 0.25) is 5.91 Å². The lowest BCUT2D eigenvalue weighted by molar-refractivity contribution is -0.119. The standard InChI is InChI=1S/C24H31N5O2/c1-3-28(4-2)20(15-18-11-7-5-8-12-18)17-26-24(31)21-16-22(23(25)30)29(27-21)19-13-9-6-10-14-19/h5-14,20,22H,3-4,15-17H2,1-2H3,(H2,25,30)(H,26,31). The van der Waals surface area contributed by atoms with Crippen LogP contribution < -0.4 is 16.1 Å². The average molecular weight is 422 g/mol. The number of rotatable bonds is 10. The third-order valence-electron chi connectivity index (χ3n) is 5.66. The summed E-state index contributed by atoms with van der Waals surface area (Å²) >= 11 is 0. The molecule has 2 unspecified atom stereocenters. The number of anilines is 1. The Bertz CT molecular complexity index is 897. The molecule has 2 atom stereocenters. The zero-order valence-corrected chi connectivity index (χ0v) is 18.2. The Morgan fingerprint density at radius 2 is 1.71 bits per heavy atom. The molecule has 164 valence electrons. The molecule has 31 heavy (non-hydrogen) atoms. The van der Waals surface area contributed by atoms with Crippen LogP contribution in [0.15, 0.2) is 65.8 Å². The Morgan fingerprint density at radius 1 is 1.10 bits per heavy atom. The van der Waals surface area contributed by atoms with Crippen LogP contribution in [0.2, 0.25) is 0 Å². The molecule has 0 fully saturated rings. The third kappa shape index (κ3) is 5.70. The van der Waals surface area contributed by atoms with E-state index in [-0.39, 0.29) is 18.4 Å². The number of hydrazone groups is 1. The first-order valence-electron chi connectivity index (χ1n) is 10.8. The number of hydrogen-bond donors (Lipinski definition) is 2. The number of nitrogens with two attached hydrogens (primary N) is 1. The first-order chi connectivity index (χ1) is 15.0. The molecule has 7 nitrogen and oxygen atoms in total. The Balaban J connectivity index is 1.70. The highest BCUT2D eigenvalue weighted by atomic mass is 16.2. The van der Waals surface area contributed by atoms with Crippen molar-refractivity contribution in [3.8, 4) is 0 Å². The van der Waals surface area contributed by atoms with Crippen LogP contribution in [0, 0.1) is 0 Å². The Hall–Kier alpha value is -3.19. The van der Waals surface area contributed by atoms with Gasteiger partial charge in [0.25, 0.3) is 5.91 Å². The number of benzene rings is 2. The summed E-state index contributed by atoms with van der Waals surface area (Å²) < 4.78 is 0. The summed E-state index contributed by atoms with van der Waals surface area (Å²) in [6.45, 7) is 6.55. The van der Waals surface area contributed by atoms with Gasteiger partial charge in [-0.2, -0.15) is 5.10 Å². The van der Waals surface area contributed by atoms with Crippen LogP contribution in [0.1, 0.15) is 25.8 Å². The van der Waals surface area contributed by atoms with Crippen LogP contribution in [-0.2, 0) is 16.0 Å². The fourth-order valence-corrected chi connectivity index (χ4v) is 3.96. The number of para-hydroxylation sites is 1. The minimum Gasteiger partial charge on any atom is -0.368 e. The number of primary amides is 1. The van der Waals surface area contributed by atoms with E-state index in [9.17, 15) is 9.59 Å². The predicted octanol–water partition coefficient (Wildman–Crippen LogP) is 2.18. The molecule has 0 aromatic heterocycles. The molecule has 0 saturated carbocycles. The first-order valence-corrected chi connectivity index (χ1v) is 10.8. The van der Waals surface area contributed by atoms with Crippen LogP contribution >= 0.6 is 0 Å². The number of carbonyl (C=O) groups excluding carboxylic acids is 2. The van der Waals surface area contributed by atoms with Gasteiger partial charge < -0.3 is 11.1 Å². The molecule has 2 aromatic carbocycles. The predicted molar refractivity (Wildman–Crippen MR) is 124 cm³/mol. The largest absolute Gasteiger partial charge is 0.368 e. The van der Waals surface area contributed by atoms with E-state index >= 15 is 0 Å². The topological polar surface area (TPSA) is 91.0 Å². The van der Waals surface area contributed by atoms with Gasteiger partial charge in [0, 0.05) is 19.0 Å². The van der Waals surface area contributed by atoms with Gasteiger partial charge in [0.15, 0.2) is 0 Å². The summed E-state index contributed by atoms with van der Waals surface area (Å²) in [5.74, 6) is -0.754. The van der Waals surface area contributed by atoms with Crippen molar-refractivity contribution in [1.82, 2.24) is 10.2 Å². The first kappa shape index (κ1) is 22.5. The second-order valence-electron chi connectivity index (χ2n) is 7.62. The van der Waals surface area contributed by atoms with Gasteiger partial charge in [0.05, 0.1) is 5.69 Å². The number of hydrogen-bond acceptors (Lipinski definition) is 5. The zero-order valence-electron chi connectivity index (χ0n) is 18.2. The number of nitrogens with zero attached hydrogens (tertiary/aromatic N) is 3. The van der Waals surface area contributed by atoms with E-state index in [2.05, 4.69) is 41.3 Å². The van der Waals surface area contributed by atoms with E-state index in [0.717, 1.165) is 25.2 Å². The molecule has 2 amide bonds. The van der Waals surface area contributed by atoms with Crippen LogP contribution in [0.4, 0.5) is 5.69 Å². The molecular formula is C24H31N5O2. The molecule has 7 heteroatoms. The second-order valence-corrected chi connectivity index (χ2v) is 7.62. The Labute approximate surface area is 183 Å². The average Bonchev–Trinajstić information content (AvgIpc) is 3.25. The lowest BCUT2D eigenvalue weighted by Crippen LogP contribution is -2.46. The molecule has 0 spiro atoms. The lowest BCUT2D eigenvalue weighted by atomic mass is 10.0. The van der Waals surface area contributed by atoms with Gasteiger partial charge in [-0.25, -0.2) is 0 Å².